The predicted molar refractivity (Wildman–Crippen MR) is 116 cm³/mol. The Morgan fingerprint density at radius 3 is 2.57 bits per heavy atom. The van der Waals surface area contributed by atoms with Crippen molar-refractivity contribution in [1.29, 1.82) is 0 Å². The standard InChI is InChI=1S/C23H21Cl2N3/c1-2-15-6-8-16(9-7-15)20-14-28-23-18(20)5-3-4-12-27(23)22(26-28)19-11-10-17(24)13-21(19)25/h6-11,13-14H,2-5,12H2,1H3. The number of aromatic nitrogens is 3. The van der Waals surface area contributed by atoms with Crippen LogP contribution in [0.2, 0.25) is 10.0 Å². The molecule has 1 aliphatic rings. The van der Waals surface area contributed by atoms with Crippen molar-refractivity contribution in [3.05, 3.63) is 69.8 Å². The Hall–Kier alpha value is -2.23. The number of benzene rings is 2. The molecule has 0 unspecified atom stereocenters. The Kier molecular flexibility index (Phi) is 4.45. The van der Waals surface area contributed by atoms with Gasteiger partial charge in [-0.25, -0.2) is 4.52 Å². The van der Waals surface area contributed by atoms with E-state index in [1.54, 1.807) is 6.07 Å². The molecule has 28 heavy (non-hydrogen) atoms. The average Bonchev–Trinajstić information content (AvgIpc) is 3.12. The SMILES string of the molecule is CCc1ccc(-c2cn3nc(-c4ccc(Cl)cc4Cl)n4c3c2CCCC4)cc1. The van der Waals surface area contributed by atoms with Crippen LogP contribution in [-0.4, -0.2) is 14.2 Å². The van der Waals surface area contributed by atoms with Gasteiger partial charge in [-0.3, -0.25) is 0 Å². The van der Waals surface area contributed by atoms with Gasteiger partial charge < -0.3 is 4.57 Å². The summed E-state index contributed by atoms with van der Waals surface area (Å²) in [5, 5.41) is 6.20. The molecule has 3 heterocycles. The lowest BCUT2D eigenvalue weighted by atomic mass is 9.99. The van der Waals surface area contributed by atoms with Gasteiger partial charge in [0.2, 0.25) is 0 Å². The van der Waals surface area contributed by atoms with Gasteiger partial charge in [-0.15, -0.1) is 5.10 Å². The summed E-state index contributed by atoms with van der Waals surface area (Å²) >= 11 is 12.6. The smallest absolute Gasteiger partial charge is 0.163 e. The van der Waals surface area contributed by atoms with Crippen molar-refractivity contribution in [3.8, 4) is 22.5 Å². The van der Waals surface area contributed by atoms with Crippen molar-refractivity contribution in [3.63, 3.8) is 0 Å². The van der Waals surface area contributed by atoms with Crippen LogP contribution in [0.1, 0.15) is 30.9 Å². The molecule has 2 aromatic heterocycles. The van der Waals surface area contributed by atoms with E-state index < -0.39 is 0 Å². The third-order valence-corrected chi connectivity index (χ3v) is 6.23. The van der Waals surface area contributed by atoms with E-state index in [0.29, 0.717) is 10.0 Å². The summed E-state index contributed by atoms with van der Waals surface area (Å²) in [6.07, 6.45) is 6.60. The summed E-state index contributed by atoms with van der Waals surface area (Å²) in [5.74, 6) is 0.910. The molecule has 0 radical (unpaired) electrons. The molecule has 5 heteroatoms. The zero-order valence-electron chi connectivity index (χ0n) is 15.8. The molecule has 0 amide bonds. The molecule has 0 saturated carbocycles. The Labute approximate surface area is 174 Å². The fraction of sp³-hybridized carbons (Fsp3) is 0.261. The predicted octanol–water partition coefficient (Wildman–Crippen LogP) is 6.68. The van der Waals surface area contributed by atoms with Crippen LogP contribution in [0.15, 0.2) is 48.7 Å². The molecule has 4 aromatic rings. The molecule has 0 atom stereocenters. The van der Waals surface area contributed by atoms with E-state index >= 15 is 0 Å². The van der Waals surface area contributed by atoms with Crippen LogP contribution in [0, 0.1) is 0 Å². The zero-order chi connectivity index (χ0) is 19.3. The van der Waals surface area contributed by atoms with Crippen molar-refractivity contribution < 1.29 is 0 Å². The van der Waals surface area contributed by atoms with E-state index in [-0.39, 0.29) is 0 Å². The number of rotatable bonds is 3. The van der Waals surface area contributed by atoms with Crippen LogP contribution in [-0.2, 0) is 19.4 Å². The molecule has 0 bridgehead atoms. The first-order valence-corrected chi connectivity index (χ1v) is 10.6. The lowest BCUT2D eigenvalue weighted by Gasteiger charge is -2.08. The topological polar surface area (TPSA) is 22.2 Å². The molecule has 2 aromatic carbocycles. The highest BCUT2D eigenvalue weighted by atomic mass is 35.5. The van der Waals surface area contributed by atoms with E-state index in [9.17, 15) is 0 Å². The number of halogens is 2. The molecule has 3 nitrogen and oxygen atoms in total. The summed E-state index contributed by atoms with van der Waals surface area (Å²) in [6.45, 7) is 3.13. The lowest BCUT2D eigenvalue weighted by molar-refractivity contribution is 0.645. The van der Waals surface area contributed by atoms with E-state index in [0.717, 1.165) is 37.2 Å². The second-order valence-corrected chi connectivity index (χ2v) is 8.24. The van der Waals surface area contributed by atoms with Gasteiger partial charge in [0, 0.05) is 34.5 Å². The third kappa shape index (κ3) is 2.85. The van der Waals surface area contributed by atoms with Crippen LogP contribution in [0.5, 0.6) is 0 Å². The minimum Gasteiger partial charge on any atom is -0.309 e. The van der Waals surface area contributed by atoms with Crippen LogP contribution < -0.4 is 0 Å². The van der Waals surface area contributed by atoms with Gasteiger partial charge in [-0.2, -0.15) is 0 Å². The highest BCUT2D eigenvalue weighted by molar-refractivity contribution is 6.36. The quantitative estimate of drug-likeness (QED) is 0.370. The Morgan fingerprint density at radius 1 is 1.00 bits per heavy atom. The first kappa shape index (κ1) is 17.8. The van der Waals surface area contributed by atoms with Crippen LogP contribution in [0.3, 0.4) is 0 Å². The second-order valence-electron chi connectivity index (χ2n) is 7.40. The molecule has 5 rings (SSSR count). The van der Waals surface area contributed by atoms with Gasteiger partial charge in [-0.05, 0) is 55.0 Å². The normalized spacial score (nSPS) is 13.8. The second kappa shape index (κ2) is 6.98. The highest BCUT2D eigenvalue weighted by Crippen LogP contribution is 2.37. The zero-order valence-corrected chi connectivity index (χ0v) is 17.3. The maximum atomic E-state index is 6.49. The minimum absolute atomic E-state index is 0.637. The Balaban J connectivity index is 1.70. The minimum atomic E-state index is 0.637. The van der Waals surface area contributed by atoms with E-state index in [4.69, 9.17) is 28.3 Å². The summed E-state index contributed by atoms with van der Waals surface area (Å²) < 4.78 is 4.35. The molecule has 0 N–H and O–H groups in total. The van der Waals surface area contributed by atoms with E-state index in [1.165, 1.54) is 34.3 Å². The number of aryl methyl sites for hydroxylation is 3. The maximum absolute atomic E-state index is 6.49. The first-order valence-electron chi connectivity index (χ1n) is 9.81. The van der Waals surface area contributed by atoms with Gasteiger partial charge in [0.15, 0.2) is 5.82 Å². The highest BCUT2D eigenvalue weighted by Gasteiger charge is 2.23. The fourth-order valence-corrected chi connectivity index (χ4v) is 4.70. The molecule has 142 valence electrons. The lowest BCUT2D eigenvalue weighted by Crippen LogP contribution is -2.00. The summed E-state index contributed by atoms with van der Waals surface area (Å²) in [7, 11) is 0. The van der Waals surface area contributed by atoms with Crippen LogP contribution in [0.4, 0.5) is 0 Å². The first-order chi connectivity index (χ1) is 13.7. The van der Waals surface area contributed by atoms with E-state index in [1.807, 2.05) is 16.6 Å². The molecule has 1 aliphatic heterocycles. The Morgan fingerprint density at radius 2 is 1.82 bits per heavy atom. The summed E-state index contributed by atoms with van der Waals surface area (Å²) in [4.78, 5) is 0. The van der Waals surface area contributed by atoms with Crippen molar-refractivity contribution in [2.75, 3.05) is 0 Å². The van der Waals surface area contributed by atoms with Crippen LogP contribution >= 0.6 is 23.2 Å². The van der Waals surface area contributed by atoms with Gasteiger partial charge in [0.1, 0.15) is 5.65 Å². The van der Waals surface area contributed by atoms with E-state index in [2.05, 4.69) is 42.0 Å². The summed E-state index contributed by atoms with van der Waals surface area (Å²) in [5.41, 5.74) is 7.41. The maximum Gasteiger partial charge on any atom is 0.163 e. The third-order valence-electron chi connectivity index (χ3n) is 5.68. The molecular weight excluding hydrogens is 389 g/mol. The van der Waals surface area contributed by atoms with Crippen molar-refractivity contribution >= 4 is 28.8 Å². The van der Waals surface area contributed by atoms with Gasteiger partial charge in [-0.1, -0.05) is 54.4 Å². The van der Waals surface area contributed by atoms with Gasteiger partial charge >= 0.3 is 0 Å². The fourth-order valence-electron chi connectivity index (χ4n) is 4.21. The monoisotopic (exact) mass is 409 g/mol. The molecule has 0 fully saturated rings. The van der Waals surface area contributed by atoms with Crippen molar-refractivity contribution in [2.45, 2.75) is 39.2 Å². The molecular formula is C23H21Cl2N3. The molecule has 0 aliphatic carbocycles. The van der Waals surface area contributed by atoms with Crippen molar-refractivity contribution in [1.82, 2.24) is 14.2 Å². The molecule has 0 saturated heterocycles. The number of hydrogen-bond acceptors (Lipinski definition) is 1. The Bertz CT molecular complexity index is 1170. The largest absolute Gasteiger partial charge is 0.309 e. The van der Waals surface area contributed by atoms with Gasteiger partial charge in [0.05, 0.1) is 5.02 Å². The number of nitrogens with zero attached hydrogens (tertiary/aromatic N) is 3. The molecule has 0 spiro atoms. The van der Waals surface area contributed by atoms with Gasteiger partial charge in [0.25, 0.3) is 0 Å². The van der Waals surface area contributed by atoms with Crippen LogP contribution in [0.25, 0.3) is 28.2 Å². The summed E-state index contributed by atoms with van der Waals surface area (Å²) in [6, 6.07) is 14.5. The average molecular weight is 410 g/mol. The number of hydrogen-bond donors (Lipinski definition) is 0. The van der Waals surface area contributed by atoms with Crippen molar-refractivity contribution in [2.24, 2.45) is 0 Å².